The van der Waals surface area contributed by atoms with E-state index in [1.165, 1.54) is 6.07 Å². The van der Waals surface area contributed by atoms with Crippen LogP contribution in [-0.4, -0.2) is 4.92 Å². The van der Waals surface area contributed by atoms with Crippen molar-refractivity contribution in [3.05, 3.63) is 40.0 Å². The minimum atomic E-state index is -0.498. The predicted molar refractivity (Wildman–Crippen MR) is 52.3 cm³/mol. The molecule has 4 nitrogen and oxygen atoms in total. The maximum atomic E-state index is 10.5. The third-order valence-corrected chi connectivity index (χ3v) is 1.83. The number of aryl methyl sites for hydroxylation is 1. The van der Waals surface area contributed by atoms with E-state index in [0.29, 0.717) is 0 Å². The Kier molecular flexibility index (Phi) is 2.32. The third-order valence-electron chi connectivity index (χ3n) is 1.83. The standard InChI is InChI=1S/C9H10N2O2/c1-3-7-5-9(11(12)13)8(10)4-6(7)2/h3-5H,1,10H2,2H3. The minimum Gasteiger partial charge on any atom is -0.393 e. The summed E-state index contributed by atoms with van der Waals surface area (Å²) in [7, 11) is 0. The molecule has 68 valence electrons. The highest BCUT2D eigenvalue weighted by Gasteiger charge is 2.12. The third kappa shape index (κ3) is 1.66. The van der Waals surface area contributed by atoms with Gasteiger partial charge in [-0.25, -0.2) is 0 Å². The summed E-state index contributed by atoms with van der Waals surface area (Å²) in [5.74, 6) is 0. The molecule has 0 aliphatic heterocycles. The van der Waals surface area contributed by atoms with E-state index in [0.717, 1.165) is 11.1 Å². The smallest absolute Gasteiger partial charge is 0.292 e. The first-order valence-electron chi connectivity index (χ1n) is 3.73. The molecule has 13 heavy (non-hydrogen) atoms. The molecule has 1 aromatic rings. The Hall–Kier alpha value is -1.84. The van der Waals surface area contributed by atoms with Gasteiger partial charge in [0.05, 0.1) is 4.92 Å². The molecule has 1 rings (SSSR count). The lowest BCUT2D eigenvalue weighted by Crippen LogP contribution is -1.97. The minimum absolute atomic E-state index is 0.0690. The summed E-state index contributed by atoms with van der Waals surface area (Å²) in [4.78, 5) is 9.99. The zero-order valence-corrected chi connectivity index (χ0v) is 7.28. The van der Waals surface area contributed by atoms with E-state index < -0.39 is 4.92 Å². The first kappa shape index (κ1) is 9.25. The van der Waals surface area contributed by atoms with Gasteiger partial charge in [0.2, 0.25) is 0 Å². The monoisotopic (exact) mass is 178 g/mol. The molecule has 0 saturated carbocycles. The van der Waals surface area contributed by atoms with Gasteiger partial charge in [-0.05, 0) is 24.1 Å². The quantitative estimate of drug-likeness (QED) is 0.428. The van der Waals surface area contributed by atoms with Crippen molar-refractivity contribution in [1.29, 1.82) is 0 Å². The summed E-state index contributed by atoms with van der Waals surface area (Å²) in [6.07, 6.45) is 1.57. The lowest BCUT2D eigenvalue weighted by Gasteiger charge is -2.02. The summed E-state index contributed by atoms with van der Waals surface area (Å²) >= 11 is 0. The Bertz CT molecular complexity index is 372. The summed E-state index contributed by atoms with van der Waals surface area (Å²) in [6.45, 7) is 5.39. The summed E-state index contributed by atoms with van der Waals surface area (Å²) in [6, 6.07) is 3.01. The first-order chi connectivity index (χ1) is 6.06. The second-order valence-corrected chi connectivity index (χ2v) is 2.73. The van der Waals surface area contributed by atoms with Gasteiger partial charge in [0.15, 0.2) is 0 Å². The number of nitrogens with zero attached hydrogens (tertiary/aromatic N) is 1. The van der Waals surface area contributed by atoms with E-state index >= 15 is 0 Å². The molecule has 0 saturated heterocycles. The molecule has 4 heteroatoms. The van der Waals surface area contributed by atoms with Crippen molar-refractivity contribution in [3.8, 4) is 0 Å². The van der Waals surface area contributed by atoms with Gasteiger partial charge in [-0.15, -0.1) is 0 Å². The van der Waals surface area contributed by atoms with Crippen molar-refractivity contribution in [3.63, 3.8) is 0 Å². The molecule has 0 spiro atoms. The number of benzene rings is 1. The van der Waals surface area contributed by atoms with Crippen molar-refractivity contribution in [2.75, 3.05) is 5.73 Å². The fourth-order valence-electron chi connectivity index (χ4n) is 1.11. The van der Waals surface area contributed by atoms with Crippen molar-refractivity contribution >= 4 is 17.5 Å². The average molecular weight is 178 g/mol. The average Bonchev–Trinajstić information content (AvgIpc) is 2.03. The van der Waals surface area contributed by atoms with E-state index in [2.05, 4.69) is 6.58 Å². The van der Waals surface area contributed by atoms with Crippen LogP contribution in [0.15, 0.2) is 18.7 Å². The number of hydrogen-bond acceptors (Lipinski definition) is 3. The number of anilines is 1. The Balaban J connectivity index is 3.38. The predicted octanol–water partition coefficient (Wildman–Crippen LogP) is 2.13. The number of hydrogen-bond donors (Lipinski definition) is 1. The second kappa shape index (κ2) is 3.26. The lowest BCUT2D eigenvalue weighted by atomic mass is 10.1. The molecule has 0 unspecified atom stereocenters. The Morgan fingerprint density at radius 2 is 2.23 bits per heavy atom. The maximum absolute atomic E-state index is 10.5. The molecule has 0 bridgehead atoms. The first-order valence-corrected chi connectivity index (χ1v) is 3.73. The number of nitro benzene ring substituents is 1. The molecular formula is C9H10N2O2. The molecule has 0 fully saturated rings. The van der Waals surface area contributed by atoms with E-state index in [9.17, 15) is 10.1 Å². The molecule has 0 radical (unpaired) electrons. The topological polar surface area (TPSA) is 69.2 Å². The zero-order valence-electron chi connectivity index (χ0n) is 7.28. The number of nitro groups is 1. The fraction of sp³-hybridized carbons (Fsp3) is 0.111. The van der Waals surface area contributed by atoms with Crippen molar-refractivity contribution in [1.82, 2.24) is 0 Å². The lowest BCUT2D eigenvalue weighted by molar-refractivity contribution is -0.383. The van der Waals surface area contributed by atoms with Gasteiger partial charge < -0.3 is 5.73 Å². The van der Waals surface area contributed by atoms with E-state index in [-0.39, 0.29) is 11.4 Å². The molecule has 0 aliphatic rings. The molecule has 0 aromatic heterocycles. The Morgan fingerprint density at radius 3 is 2.69 bits per heavy atom. The van der Waals surface area contributed by atoms with Crippen LogP contribution < -0.4 is 5.73 Å². The highest BCUT2D eigenvalue weighted by molar-refractivity contribution is 5.67. The van der Waals surface area contributed by atoms with Crippen LogP contribution in [0.3, 0.4) is 0 Å². The van der Waals surface area contributed by atoms with Crippen LogP contribution in [0.1, 0.15) is 11.1 Å². The van der Waals surface area contributed by atoms with Gasteiger partial charge in [-0.2, -0.15) is 0 Å². The molecule has 0 heterocycles. The molecule has 0 atom stereocenters. The summed E-state index contributed by atoms with van der Waals surface area (Å²) in [5.41, 5.74) is 7.21. The van der Waals surface area contributed by atoms with Crippen molar-refractivity contribution < 1.29 is 4.92 Å². The van der Waals surface area contributed by atoms with Gasteiger partial charge >= 0.3 is 0 Å². The maximum Gasteiger partial charge on any atom is 0.292 e. The number of nitrogens with two attached hydrogens (primary N) is 1. The molecule has 2 N–H and O–H groups in total. The van der Waals surface area contributed by atoms with Gasteiger partial charge in [0.25, 0.3) is 5.69 Å². The molecule has 0 aliphatic carbocycles. The summed E-state index contributed by atoms with van der Waals surface area (Å²) in [5, 5.41) is 10.5. The highest BCUT2D eigenvalue weighted by Crippen LogP contribution is 2.25. The van der Waals surface area contributed by atoms with E-state index in [4.69, 9.17) is 5.73 Å². The van der Waals surface area contributed by atoms with Crippen molar-refractivity contribution in [2.45, 2.75) is 6.92 Å². The zero-order chi connectivity index (χ0) is 10.0. The fourth-order valence-corrected chi connectivity index (χ4v) is 1.11. The van der Waals surface area contributed by atoms with Gasteiger partial charge in [-0.3, -0.25) is 10.1 Å². The number of rotatable bonds is 2. The van der Waals surface area contributed by atoms with Gasteiger partial charge in [-0.1, -0.05) is 12.7 Å². The van der Waals surface area contributed by atoms with E-state index in [1.807, 2.05) is 6.92 Å². The van der Waals surface area contributed by atoms with E-state index in [1.54, 1.807) is 12.1 Å². The van der Waals surface area contributed by atoms with Crippen LogP contribution in [0.25, 0.3) is 6.08 Å². The Morgan fingerprint density at radius 1 is 1.62 bits per heavy atom. The molecular weight excluding hydrogens is 168 g/mol. The highest BCUT2D eigenvalue weighted by atomic mass is 16.6. The largest absolute Gasteiger partial charge is 0.393 e. The number of nitrogen functional groups attached to an aromatic ring is 1. The Labute approximate surface area is 75.8 Å². The van der Waals surface area contributed by atoms with Crippen LogP contribution in [0.5, 0.6) is 0 Å². The second-order valence-electron chi connectivity index (χ2n) is 2.73. The normalized spacial score (nSPS) is 9.62. The van der Waals surface area contributed by atoms with Crippen molar-refractivity contribution in [2.24, 2.45) is 0 Å². The van der Waals surface area contributed by atoms with Crippen LogP contribution in [0, 0.1) is 17.0 Å². The summed E-state index contributed by atoms with van der Waals surface area (Å²) < 4.78 is 0. The van der Waals surface area contributed by atoms with Gasteiger partial charge in [0, 0.05) is 6.07 Å². The molecule has 1 aromatic carbocycles. The van der Waals surface area contributed by atoms with Gasteiger partial charge in [0.1, 0.15) is 5.69 Å². The molecule has 0 amide bonds. The SMILES string of the molecule is C=Cc1cc([N+](=O)[O-])c(N)cc1C. The van der Waals surface area contributed by atoms with Crippen LogP contribution in [0.2, 0.25) is 0 Å². The van der Waals surface area contributed by atoms with Crippen LogP contribution >= 0.6 is 0 Å². The van der Waals surface area contributed by atoms with Crippen LogP contribution in [0.4, 0.5) is 11.4 Å². The van der Waals surface area contributed by atoms with Crippen LogP contribution in [-0.2, 0) is 0 Å².